The molecular formula is C20H20N2O4. The first-order valence-corrected chi connectivity index (χ1v) is 8.36. The minimum absolute atomic E-state index is 0.0850. The normalized spacial score (nSPS) is 17.3. The van der Waals surface area contributed by atoms with Gasteiger partial charge in [-0.25, -0.2) is 0 Å². The van der Waals surface area contributed by atoms with Gasteiger partial charge in [0.05, 0.1) is 11.6 Å². The minimum atomic E-state index is -0.710. The molecule has 1 aromatic heterocycles. The van der Waals surface area contributed by atoms with E-state index in [1.54, 1.807) is 44.4 Å². The zero-order valence-corrected chi connectivity index (χ0v) is 14.6. The summed E-state index contributed by atoms with van der Waals surface area (Å²) >= 11 is 0. The smallest absolute Gasteiger partial charge is 0.290 e. The van der Waals surface area contributed by atoms with E-state index in [4.69, 9.17) is 0 Å². The number of ketones is 1. The van der Waals surface area contributed by atoms with Crippen molar-refractivity contribution in [3.05, 3.63) is 71.3 Å². The molecule has 1 aliphatic rings. The molecule has 0 radical (unpaired) electrons. The number of phenolic OH excluding ortho intramolecular Hbond substituents is 1. The highest BCUT2D eigenvalue weighted by Gasteiger charge is 2.43. The molecule has 2 heterocycles. The van der Waals surface area contributed by atoms with Crippen molar-refractivity contribution in [2.45, 2.75) is 26.4 Å². The van der Waals surface area contributed by atoms with Crippen molar-refractivity contribution in [2.24, 2.45) is 5.92 Å². The average molecular weight is 352 g/mol. The Morgan fingerprint density at radius 1 is 1.19 bits per heavy atom. The van der Waals surface area contributed by atoms with Gasteiger partial charge in [-0.05, 0) is 29.3 Å². The molecule has 0 aliphatic carbocycles. The van der Waals surface area contributed by atoms with Gasteiger partial charge in [0, 0.05) is 24.9 Å². The van der Waals surface area contributed by atoms with Gasteiger partial charge >= 0.3 is 0 Å². The first-order chi connectivity index (χ1) is 12.4. The Hall–Kier alpha value is -3.15. The summed E-state index contributed by atoms with van der Waals surface area (Å²) in [7, 11) is 0. The number of amides is 1. The number of rotatable bonds is 5. The van der Waals surface area contributed by atoms with Gasteiger partial charge in [0.15, 0.2) is 11.5 Å². The molecule has 1 unspecified atom stereocenters. The van der Waals surface area contributed by atoms with Crippen molar-refractivity contribution in [3.8, 4) is 5.75 Å². The van der Waals surface area contributed by atoms with Crippen LogP contribution in [0.1, 0.15) is 31.0 Å². The molecule has 0 saturated carbocycles. The van der Waals surface area contributed by atoms with Crippen LogP contribution in [0.2, 0.25) is 0 Å². The lowest BCUT2D eigenvalue weighted by Gasteiger charge is -2.27. The molecule has 2 aromatic rings. The number of phenols is 1. The second-order valence-corrected chi connectivity index (χ2v) is 6.57. The van der Waals surface area contributed by atoms with Crippen molar-refractivity contribution in [2.75, 3.05) is 0 Å². The second kappa shape index (κ2) is 7.00. The number of carbonyl (C=O) groups excluding carboxylic acids is 2. The molecule has 1 aliphatic heterocycles. The molecule has 1 atom stereocenters. The van der Waals surface area contributed by atoms with E-state index in [1.807, 2.05) is 6.07 Å². The number of aliphatic hydroxyl groups excluding tert-OH is 1. The molecule has 134 valence electrons. The van der Waals surface area contributed by atoms with Crippen LogP contribution < -0.4 is 0 Å². The number of aromatic hydroxyl groups is 1. The number of hydrogen-bond donors (Lipinski definition) is 2. The quantitative estimate of drug-likeness (QED) is 0.863. The number of pyridine rings is 1. The van der Waals surface area contributed by atoms with E-state index in [2.05, 4.69) is 4.98 Å². The lowest BCUT2D eigenvalue weighted by molar-refractivity contribution is -0.130. The number of aromatic nitrogens is 1. The predicted molar refractivity (Wildman–Crippen MR) is 95.1 cm³/mol. The first-order valence-electron chi connectivity index (χ1n) is 8.36. The van der Waals surface area contributed by atoms with Crippen molar-refractivity contribution >= 4 is 11.7 Å². The van der Waals surface area contributed by atoms with Gasteiger partial charge in [-0.1, -0.05) is 32.0 Å². The third-order valence-electron chi connectivity index (χ3n) is 4.38. The molecule has 6 heteroatoms. The Labute approximate surface area is 151 Å². The van der Waals surface area contributed by atoms with Gasteiger partial charge in [0.25, 0.3) is 5.91 Å². The first kappa shape index (κ1) is 17.7. The zero-order valence-electron chi connectivity index (χ0n) is 14.6. The summed E-state index contributed by atoms with van der Waals surface area (Å²) in [6.45, 7) is 3.66. The number of nitrogens with zero attached hydrogens (tertiary/aromatic N) is 2. The Kier molecular flexibility index (Phi) is 4.75. The Balaban J connectivity index is 2.07. The van der Waals surface area contributed by atoms with Gasteiger partial charge in [-0.3, -0.25) is 14.6 Å². The van der Waals surface area contributed by atoms with Crippen LogP contribution in [0.3, 0.4) is 0 Å². The molecule has 6 nitrogen and oxygen atoms in total. The molecule has 26 heavy (non-hydrogen) atoms. The summed E-state index contributed by atoms with van der Waals surface area (Å²) in [5, 5.41) is 20.0. The van der Waals surface area contributed by atoms with E-state index in [0.717, 1.165) is 5.56 Å². The maximum atomic E-state index is 12.7. The van der Waals surface area contributed by atoms with Crippen LogP contribution in [0.25, 0.3) is 0 Å². The van der Waals surface area contributed by atoms with Crippen LogP contribution in [0.15, 0.2) is 60.1 Å². The van der Waals surface area contributed by atoms with Crippen LogP contribution in [-0.4, -0.2) is 31.8 Å². The number of Topliss-reactive ketones (excluding diaryl/α,β-unsaturated/α-hetero) is 1. The monoisotopic (exact) mass is 352 g/mol. The summed E-state index contributed by atoms with van der Waals surface area (Å²) in [6, 6.07) is 9.17. The van der Waals surface area contributed by atoms with Gasteiger partial charge < -0.3 is 15.1 Å². The maximum Gasteiger partial charge on any atom is 0.290 e. The lowest BCUT2D eigenvalue weighted by Crippen LogP contribution is -2.31. The van der Waals surface area contributed by atoms with Crippen LogP contribution in [0, 0.1) is 5.92 Å². The van der Waals surface area contributed by atoms with E-state index in [9.17, 15) is 19.8 Å². The van der Waals surface area contributed by atoms with Gasteiger partial charge in [0.1, 0.15) is 5.75 Å². The summed E-state index contributed by atoms with van der Waals surface area (Å²) < 4.78 is 0. The van der Waals surface area contributed by atoms with Crippen molar-refractivity contribution in [1.29, 1.82) is 0 Å². The summed E-state index contributed by atoms with van der Waals surface area (Å²) in [6.07, 6.45) is 3.27. The summed E-state index contributed by atoms with van der Waals surface area (Å²) in [5.41, 5.74) is 1.53. The number of hydrogen-bond acceptors (Lipinski definition) is 5. The van der Waals surface area contributed by atoms with E-state index < -0.39 is 17.7 Å². The molecule has 1 aromatic carbocycles. The standard InChI is InChI=1S/C20H20N2O4/c1-12(2)18(24)16-17(14-5-7-15(23)8-6-14)22(20(26)19(16)25)11-13-4-3-9-21-10-13/h3-10,12,17,23,25H,11H2,1-2H3. The molecule has 0 bridgehead atoms. The number of carbonyl (C=O) groups is 2. The van der Waals surface area contributed by atoms with Crippen molar-refractivity contribution in [1.82, 2.24) is 9.88 Å². The van der Waals surface area contributed by atoms with Gasteiger partial charge in [0.2, 0.25) is 0 Å². The maximum absolute atomic E-state index is 12.7. The third-order valence-corrected chi connectivity index (χ3v) is 4.38. The molecule has 0 spiro atoms. The van der Waals surface area contributed by atoms with Crippen molar-refractivity contribution in [3.63, 3.8) is 0 Å². The third kappa shape index (κ3) is 3.18. The van der Waals surface area contributed by atoms with Crippen LogP contribution >= 0.6 is 0 Å². The summed E-state index contributed by atoms with van der Waals surface area (Å²) in [4.78, 5) is 30.9. The van der Waals surface area contributed by atoms with Crippen molar-refractivity contribution < 1.29 is 19.8 Å². The fourth-order valence-corrected chi connectivity index (χ4v) is 3.07. The molecular weight excluding hydrogens is 332 g/mol. The molecule has 2 N–H and O–H groups in total. The van der Waals surface area contributed by atoms with Gasteiger partial charge in [-0.15, -0.1) is 0 Å². The minimum Gasteiger partial charge on any atom is -0.508 e. The molecule has 3 rings (SSSR count). The van der Waals surface area contributed by atoms with E-state index >= 15 is 0 Å². The highest BCUT2D eigenvalue weighted by Crippen LogP contribution is 2.40. The van der Waals surface area contributed by atoms with Crippen LogP contribution in [0.5, 0.6) is 5.75 Å². The molecule has 0 fully saturated rings. The predicted octanol–water partition coefficient (Wildman–Crippen LogP) is 2.91. The van der Waals surface area contributed by atoms with Crippen LogP contribution in [-0.2, 0) is 16.1 Å². The Morgan fingerprint density at radius 3 is 2.46 bits per heavy atom. The number of benzene rings is 1. The van der Waals surface area contributed by atoms with Crippen LogP contribution in [0.4, 0.5) is 0 Å². The highest BCUT2D eigenvalue weighted by atomic mass is 16.3. The number of aliphatic hydroxyl groups is 1. The highest BCUT2D eigenvalue weighted by molar-refractivity contribution is 6.09. The summed E-state index contributed by atoms with van der Waals surface area (Å²) in [5.74, 6) is -1.65. The Bertz CT molecular complexity index is 857. The molecule has 0 saturated heterocycles. The van der Waals surface area contributed by atoms with E-state index in [0.29, 0.717) is 5.56 Å². The van der Waals surface area contributed by atoms with E-state index in [-0.39, 0.29) is 29.6 Å². The fraction of sp³-hybridized carbons (Fsp3) is 0.250. The SMILES string of the molecule is CC(C)C(=O)C1=C(O)C(=O)N(Cc2cccnc2)C1c1ccc(O)cc1. The largest absolute Gasteiger partial charge is 0.508 e. The molecule has 1 amide bonds. The van der Waals surface area contributed by atoms with Gasteiger partial charge in [-0.2, -0.15) is 0 Å². The lowest BCUT2D eigenvalue weighted by atomic mass is 9.91. The zero-order chi connectivity index (χ0) is 18.8. The topological polar surface area (TPSA) is 90.7 Å². The Morgan fingerprint density at radius 2 is 1.88 bits per heavy atom. The van der Waals surface area contributed by atoms with E-state index in [1.165, 1.54) is 17.0 Å². The fourth-order valence-electron chi connectivity index (χ4n) is 3.07. The second-order valence-electron chi connectivity index (χ2n) is 6.57. The average Bonchev–Trinajstić information content (AvgIpc) is 2.87.